The number of aryl methyl sites for hydroxylation is 3. The number of aromatic nitrogens is 2. The number of carbonyl (C=O) groups excluding carboxylic acids is 2. The number of carbonyl (C=O) groups is 2. The quantitative estimate of drug-likeness (QED) is 0.457. The molecule has 9 heteroatoms. The number of aromatic amines is 1. The molecule has 2 amide bonds. The van der Waals surface area contributed by atoms with Crippen LogP contribution >= 0.6 is 11.6 Å². The number of hydrogen-bond donors (Lipinski definition) is 2. The average Bonchev–Trinajstić information content (AvgIpc) is 3.29. The van der Waals surface area contributed by atoms with Crippen molar-refractivity contribution in [2.45, 2.75) is 59.0 Å². The number of imidazole rings is 1. The summed E-state index contributed by atoms with van der Waals surface area (Å²) >= 11 is 6.37. The van der Waals surface area contributed by atoms with Crippen LogP contribution in [-0.2, 0) is 4.79 Å². The molecule has 3 aromatic rings. The Kier molecular flexibility index (Phi) is 7.87. The molecule has 2 saturated heterocycles. The first-order valence-electron chi connectivity index (χ1n) is 13.7. The van der Waals surface area contributed by atoms with Crippen molar-refractivity contribution in [1.29, 1.82) is 0 Å². The van der Waals surface area contributed by atoms with Gasteiger partial charge < -0.3 is 24.6 Å². The third-order valence-corrected chi connectivity index (χ3v) is 8.69. The standard InChI is InChI=1S/C30H37ClN4O4/c1-19-13-24(14-20(2)28(19)31)39-18-30(16-27(37)34-11-7-23(36)8-12-34)9-4-10-35(17-30)29(38)22-5-6-25-26(15-22)33-21(3)32-25/h5-6,13-15,23,36H,4,7-12,16-18H2,1-3H3,(H,32,33)/t30-/m1/s1. The lowest BCUT2D eigenvalue weighted by molar-refractivity contribution is -0.137. The molecule has 5 rings (SSSR count). The van der Waals surface area contributed by atoms with Crippen LogP contribution in [0.25, 0.3) is 11.0 Å². The summed E-state index contributed by atoms with van der Waals surface area (Å²) in [6.07, 6.45) is 2.70. The van der Waals surface area contributed by atoms with E-state index in [9.17, 15) is 14.7 Å². The van der Waals surface area contributed by atoms with Gasteiger partial charge in [-0.2, -0.15) is 0 Å². The summed E-state index contributed by atoms with van der Waals surface area (Å²) < 4.78 is 6.34. The maximum Gasteiger partial charge on any atom is 0.253 e. The number of ether oxygens (including phenoxy) is 1. The number of fused-ring (bicyclic) bond motifs is 1. The molecule has 2 aliphatic heterocycles. The third-order valence-electron chi connectivity index (χ3n) is 8.09. The molecule has 0 spiro atoms. The van der Waals surface area contributed by atoms with Crippen molar-refractivity contribution in [3.8, 4) is 5.75 Å². The van der Waals surface area contributed by atoms with Crippen LogP contribution in [0.5, 0.6) is 5.75 Å². The fourth-order valence-corrected chi connectivity index (χ4v) is 6.03. The predicted octanol–water partition coefficient (Wildman–Crippen LogP) is 4.82. The van der Waals surface area contributed by atoms with Gasteiger partial charge in [-0.1, -0.05) is 11.6 Å². The number of amides is 2. The molecule has 2 aromatic carbocycles. The van der Waals surface area contributed by atoms with Crippen LogP contribution in [0.1, 0.15) is 59.4 Å². The lowest BCUT2D eigenvalue weighted by Gasteiger charge is -2.43. The van der Waals surface area contributed by atoms with Gasteiger partial charge in [-0.15, -0.1) is 0 Å². The Labute approximate surface area is 234 Å². The number of aliphatic hydroxyl groups excluding tert-OH is 1. The van der Waals surface area contributed by atoms with E-state index in [4.69, 9.17) is 16.3 Å². The number of rotatable bonds is 6. The highest BCUT2D eigenvalue weighted by atomic mass is 35.5. The van der Waals surface area contributed by atoms with Gasteiger partial charge in [0.1, 0.15) is 11.6 Å². The second-order valence-corrected chi connectivity index (χ2v) is 11.7. The molecular weight excluding hydrogens is 516 g/mol. The molecule has 3 heterocycles. The third kappa shape index (κ3) is 6.07. The summed E-state index contributed by atoms with van der Waals surface area (Å²) in [7, 11) is 0. The van der Waals surface area contributed by atoms with Crippen LogP contribution in [0.15, 0.2) is 30.3 Å². The molecule has 2 fully saturated rings. The number of aliphatic hydroxyl groups is 1. The summed E-state index contributed by atoms with van der Waals surface area (Å²) in [5.74, 6) is 1.52. The molecule has 2 N–H and O–H groups in total. The largest absolute Gasteiger partial charge is 0.493 e. The van der Waals surface area contributed by atoms with E-state index in [1.807, 2.05) is 60.9 Å². The van der Waals surface area contributed by atoms with Gasteiger partial charge in [0.05, 0.1) is 23.7 Å². The van der Waals surface area contributed by atoms with E-state index >= 15 is 0 Å². The zero-order valence-corrected chi connectivity index (χ0v) is 23.7. The number of nitrogens with zero attached hydrogens (tertiary/aromatic N) is 3. The molecule has 2 aliphatic rings. The Morgan fingerprint density at radius 2 is 1.82 bits per heavy atom. The monoisotopic (exact) mass is 552 g/mol. The summed E-state index contributed by atoms with van der Waals surface area (Å²) in [6, 6.07) is 9.38. The highest BCUT2D eigenvalue weighted by Gasteiger charge is 2.41. The number of benzene rings is 2. The minimum Gasteiger partial charge on any atom is -0.493 e. The van der Waals surface area contributed by atoms with Crippen LogP contribution in [0.3, 0.4) is 0 Å². The molecule has 1 aromatic heterocycles. The van der Waals surface area contributed by atoms with Crippen molar-refractivity contribution in [3.63, 3.8) is 0 Å². The summed E-state index contributed by atoms with van der Waals surface area (Å²) in [4.78, 5) is 38.5. The lowest BCUT2D eigenvalue weighted by Crippen LogP contribution is -2.51. The maximum absolute atomic E-state index is 13.7. The van der Waals surface area contributed by atoms with E-state index in [1.165, 1.54) is 0 Å². The van der Waals surface area contributed by atoms with E-state index in [-0.39, 0.29) is 24.3 Å². The lowest BCUT2D eigenvalue weighted by atomic mass is 9.77. The van der Waals surface area contributed by atoms with Crippen LogP contribution in [0.2, 0.25) is 5.02 Å². The normalized spacial score (nSPS) is 20.4. The molecule has 0 bridgehead atoms. The fourth-order valence-electron chi connectivity index (χ4n) is 5.92. The van der Waals surface area contributed by atoms with Gasteiger partial charge in [0.2, 0.25) is 5.91 Å². The summed E-state index contributed by atoms with van der Waals surface area (Å²) in [5.41, 5.74) is 3.61. The van der Waals surface area contributed by atoms with Crippen molar-refractivity contribution in [1.82, 2.24) is 19.8 Å². The summed E-state index contributed by atoms with van der Waals surface area (Å²) in [5, 5.41) is 10.6. The highest BCUT2D eigenvalue weighted by molar-refractivity contribution is 6.32. The SMILES string of the molecule is Cc1nc2ccc(C(=O)N3CCC[C@@](COc4cc(C)c(Cl)c(C)c4)(CC(=O)N4CCC(O)CC4)C3)cc2[nH]1. The van der Waals surface area contributed by atoms with Crippen LogP contribution in [0, 0.1) is 26.2 Å². The maximum atomic E-state index is 13.7. The van der Waals surface area contributed by atoms with Crippen molar-refractivity contribution >= 4 is 34.4 Å². The number of hydrogen-bond acceptors (Lipinski definition) is 5. The first-order valence-corrected chi connectivity index (χ1v) is 14.1. The van der Waals surface area contributed by atoms with Gasteiger partial charge in [-0.05, 0) is 87.9 Å². The van der Waals surface area contributed by atoms with E-state index in [2.05, 4.69) is 9.97 Å². The number of H-pyrrole nitrogens is 1. The number of piperidine rings is 2. The second kappa shape index (κ2) is 11.2. The van der Waals surface area contributed by atoms with Gasteiger partial charge in [0.15, 0.2) is 0 Å². The Balaban J connectivity index is 1.38. The van der Waals surface area contributed by atoms with E-state index in [0.717, 1.165) is 45.8 Å². The Morgan fingerprint density at radius 3 is 2.54 bits per heavy atom. The minimum atomic E-state index is -0.531. The topological polar surface area (TPSA) is 98.8 Å². The van der Waals surface area contributed by atoms with Gasteiger partial charge in [0.25, 0.3) is 5.91 Å². The van der Waals surface area contributed by atoms with Crippen LogP contribution < -0.4 is 4.74 Å². The van der Waals surface area contributed by atoms with Gasteiger partial charge in [-0.3, -0.25) is 9.59 Å². The number of nitrogens with one attached hydrogen (secondary N) is 1. The molecule has 1 atom stereocenters. The number of likely N-dealkylation sites (tertiary alicyclic amines) is 2. The van der Waals surface area contributed by atoms with Crippen molar-refractivity contribution in [2.24, 2.45) is 5.41 Å². The Bertz CT molecular complexity index is 1360. The van der Waals surface area contributed by atoms with Crippen molar-refractivity contribution in [3.05, 3.63) is 57.9 Å². The molecule has 8 nitrogen and oxygen atoms in total. The highest BCUT2D eigenvalue weighted by Crippen LogP contribution is 2.37. The van der Waals surface area contributed by atoms with E-state index < -0.39 is 5.41 Å². The minimum absolute atomic E-state index is 0.0534. The van der Waals surface area contributed by atoms with E-state index in [1.54, 1.807) is 0 Å². The average molecular weight is 553 g/mol. The fraction of sp³-hybridized carbons (Fsp3) is 0.500. The molecule has 0 radical (unpaired) electrons. The smallest absolute Gasteiger partial charge is 0.253 e. The van der Waals surface area contributed by atoms with Crippen LogP contribution in [-0.4, -0.2) is 75.6 Å². The summed E-state index contributed by atoms with van der Waals surface area (Å²) in [6.45, 7) is 8.28. The van der Waals surface area contributed by atoms with Crippen LogP contribution in [0.4, 0.5) is 0 Å². The zero-order chi connectivity index (χ0) is 27.7. The molecule has 39 heavy (non-hydrogen) atoms. The second-order valence-electron chi connectivity index (χ2n) is 11.3. The first kappa shape index (κ1) is 27.5. The van der Waals surface area contributed by atoms with E-state index in [0.29, 0.717) is 56.9 Å². The Hall–Kier alpha value is -3.10. The predicted molar refractivity (Wildman–Crippen MR) is 151 cm³/mol. The van der Waals surface area contributed by atoms with Gasteiger partial charge in [-0.25, -0.2) is 4.98 Å². The molecule has 0 unspecified atom stereocenters. The Morgan fingerprint density at radius 1 is 1.10 bits per heavy atom. The molecule has 0 aliphatic carbocycles. The zero-order valence-electron chi connectivity index (χ0n) is 22.9. The number of halogens is 1. The first-order chi connectivity index (χ1) is 18.6. The molecular formula is C30H37ClN4O4. The van der Waals surface area contributed by atoms with Gasteiger partial charge >= 0.3 is 0 Å². The van der Waals surface area contributed by atoms with Crippen molar-refractivity contribution < 1.29 is 19.4 Å². The van der Waals surface area contributed by atoms with Gasteiger partial charge in [0, 0.05) is 48.6 Å². The molecule has 0 saturated carbocycles. The molecule has 208 valence electrons. The van der Waals surface area contributed by atoms with Crippen molar-refractivity contribution in [2.75, 3.05) is 32.8 Å².